The van der Waals surface area contributed by atoms with E-state index in [9.17, 15) is 4.79 Å². The summed E-state index contributed by atoms with van der Waals surface area (Å²) in [6.07, 6.45) is 7.38. The molecular formula is C16H20ClNO2S. The first kappa shape index (κ1) is 16.4. The van der Waals surface area contributed by atoms with Crippen molar-refractivity contribution >= 4 is 29.3 Å². The van der Waals surface area contributed by atoms with Crippen LogP contribution in [0.2, 0.25) is 5.02 Å². The van der Waals surface area contributed by atoms with Gasteiger partial charge in [-0.3, -0.25) is 4.79 Å². The maximum Gasteiger partial charge on any atom is 0.248 e. The molecule has 1 aliphatic rings. The van der Waals surface area contributed by atoms with Crippen molar-refractivity contribution in [2.75, 3.05) is 26.1 Å². The monoisotopic (exact) mass is 325 g/mol. The zero-order chi connectivity index (χ0) is 15.1. The normalized spacial score (nSPS) is 19.1. The van der Waals surface area contributed by atoms with Crippen LogP contribution in [0.3, 0.4) is 0 Å². The van der Waals surface area contributed by atoms with E-state index >= 15 is 0 Å². The lowest BCUT2D eigenvalue weighted by Gasteiger charge is -2.31. The smallest absolute Gasteiger partial charge is 0.248 e. The lowest BCUT2D eigenvalue weighted by atomic mass is 10.1. The maximum absolute atomic E-state index is 12.0. The van der Waals surface area contributed by atoms with Crippen LogP contribution < -0.4 is 0 Å². The van der Waals surface area contributed by atoms with Crippen molar-refractivity contribution in [1.29, 1.82) is 0 Å². The molecule has 0 saturated carbocycles. The third kappa shape index (κ3) is 5.38. The number of rotatable bonds is 5. The van der Waals surface area contributed by atoms with Gasteiger partial charge in [0.1, 0.15) is 6.73 Å². The molecule has 2 rings (SSSR count). The van der Waals surface area contributed by atoms with E-state index in [2.05, 4.69) is 0 Å². The molecule has 1 saturated heterocycles. The van der Waals surface area contributed by atoms with Gasteiger partial charge in [-0.15, -0.1) is 0 Å². The lowest BCUT2D eigenvalue weighted by molar-refractivity contribution is -0.134. The average molecular weight is 326 g/mol. The van der Waals surface area contributed by atoms with Crippen molar-refractivity contribution in [1.82, 2.24) is 4.90 Å². The molecule has 0 radical (unpaired) electrons. The van der Waals surface area contributed by atoms with Gasteiger partial charge in [-0.1, -0.05) is 29.8 Å². The second kappa shape index (κ2) is 8.47. The molecule has 3 nitrogen and oxygen atoms in total. The molecule has 1 fully saturated rings. The fourth-order valence-corrected chi connectivity index (χ4v) is 2.82. The second-order valence-corrected chi connectivity index (χ2v) is 6.56. The highest BCUT2D eigenvalue weighted by Gasteiger charge is 2.21. The number of ether oxygens (including phenoxy) is 1. The predicted molar refractivity (Wildman–Crippen MR) is 88.7 cm³/mol. The number of nitrogens with zero attached hydrogens (tertiary/aromatic N) is 1. The van der Waals surface area contributed by atoms with Crippen LogP contribution in [-0.2, 0) is 16.0 Å². The van der Waals surface area contributed by atoms with Crippen molar-refractivity contribution in [3.8, 4) is 0 Å². The van der Waals surface area contributed by atoms with Crippen molar-refractivity contribution in [2.24, 2.45) is 0 Å². The molecule has 1 aromatic rings. The molecule has 1 amide bonds. The van der Waals surface area contributed by atoms with E-state index in [1.54, 1.807) is 22.7 Å². The molecule has 1 heterocycles. The highest BCUT2D eigenvalue weighted by Crippen LogP contribution is 2.14. The van der Waals surface area contributed by atoms with E-state index in [4.69, 9.17) is 16.3 Å². The summed E-state index contributed by atoms with van der Waals surface area (Å²) in [4.78, 5) is 13.8. The van der Waals surface area contributed by atoms with Crippen molar-refractivity contribution < 1.29 is 9.53 Å². The number of carbonyl (C=O) groups is 1. The predicted octanol–water partition coefficient (Wildman–Crippen LogP) is 3.38. The number of hydrogen-bond acceptors (Lipinski definition) is 3. The minimum atomic E-state index is 0.0323. The Morgan fingerprint density at radius 2 is 2.24 bits per heavy atom. The molecule has 1 aromatic carbocycles. The summed E-state index contributed by atoms with van der Waals surface area (Å²) >= 11 is 7.59. The van der Waals surface area contributed by atoms with Crippen LogP contribution >= 0.6 is 23.4 Å². The van der Waals surface area contributed by atoms with Gasteiger partial charge in [0, 0.05) is 16.8 Å². The first-order valence-corrected chi connectivity index (χ1v) is 8.66. The number of thioether (sulfide) groups is 1. The molecule has 1 atom stereocenters. The van der Waals surface area contributed by atoms with E-state index in [1.807, 2.05) is 36.6 Å². The van der Waals surface area contributed by atoms with Crippen LogP contribution in [0.1, 0.15) is 12.0 Å². The second-order valence-electron chi connectivity index (χ2n) is 4.99. The number of hydrogen-bond donors (Lipinski definition) is 0. The number of allylic oxidation sites excluding steroid dienone is 1. The van der Waals surface area contributed by atoms with Gasteiger partial charge in [-0.2, -0.15) is 11.8 Å². The molecule has 5 heteroatoms. The van der Waals surface area contributed by atoms with Gasteiger partial charge in [0.25, 0.3) is 0 Å². The maximum atomic E-state index is 12.0. The fraction of sp³-hybridized carbons (Fsp3) is 0.438. The number of amides is 1. The van der Waals surface area contributed by atoms with Crippen LogP contribution in [0, 0.1) is 0 Å². The lowest BCUT2D eigenvalue weighted by Crippen LogP contribution is -2.43. The zero-order valence-electron chi connectivity index (χ0n) is 12.1. The quantitative estimate of drug-likeness (QED) is 0.777. The molecule has 0 aliphatic carbocycles. The summed E-state index contributed by atoms with van der Waals surface area (Å²) in [6.45, 7) is 1.89. The minimum Gasteiger partial charge on any atom is -0.360 e. The standard InChI is InChI=1S/C16H20ClNO2S/c1-21-15-10-18(12-20-11-15)16(19)5-3-2-4-13-6-8-14(17)9-7-13/h3,5-9,15H,2,4,10-12H2,1H3. The number of aryl methyl sites for hydroxylation is 1. The third-order valence-corrected chi connectivity index (χ3v) is 4.60. The highest BCUT2D eigenvalue weighted by molar-refractivity contribution is 7.99. The first-order valence-electron chi connectivity index (χ1n) is 6.99. The Balaban J connectivity index is 1.75. The van der Waals surface area contributed by atoms with Crippen LogP contribution in [0.15, 0.2) is 36.4 Å². The summed E-state index contributed by atoms with van der Waals surface area (Å²) in [6, 6.07) is 7.80. The Morgan fingerprint density at radius 3 is 2.95 bits per heavy atom. The van der Waals surface area contributed by atoms with Gasteiger partial charge in [0.2, 0.25) is 5.91 Å². The minimum absolute atomic E-state index is 0.0323. The largest absolute Gasteiger partial charge is 0.360 e. The first-order chi connectivity index (χ1) is 10.2. The SMILES string of the molecule is CSC1COCN(C(=O)C=CCCc2ccc(Cl)cc2)C1. The summed E-state index contributed by atoms with van der Waals surface area (Å²) in [5.41, 5.74) is 1.22. The van der Waals surface area contributed by atoms with Crippen molar-refractivity contribution in [3.63, 3.8) is 0 Å². The highest BCUT2D eigenvalue weighted by atomic mass is 35.5. The van der Waals surface area contributed by atoms with Crippen LogP contribution in [0.5, 0.6) is 0 Å². The topological polar surface area (TPSA) is 29.5 Å². The van der Waals surface area contributed by atoms with Gasteiger partial charge >= 0.3 is 0 Å². The molecule has 1 aliphatic heterocycles. The molecule has 0 N–H and O–H groups in total. The summed E-state index contributed by atoms with van der Waals surface area (Å²) < 4.78 is 5.43. The average Bonchev–Trinajstić information content (AvgIpc) is 2.53. The van der Waals surface area contributed by atoms with Crippen molar-refractivity contribution in [3.05, 3.63) is 47.0 Å². The Labute approximate surface area is 135 Å². The van der Waals surface area contributed by atoms with Gasteiger partial charge in [-0.05, 0) is 42.9 Å². The Kier molecular flexibility index (Phi) is 6.61. The van der Waals surface area contributed by atoms with E-state index in [-0.39, 0.29) is 5.91 Å². The van der Waals surface area contributed by atoms with Gasteiger partial charge in [0.05, 0.1) is 6.61 Å². The molecule has 114 valence electrons. The van der Waals surface area contributed by atoms with Crippen LogP contribution in [0.25, 0.3) is 0 Å². The number of benzene rings is 1. The fourth-order valence-electron chi connectivity index (χ4n) is 2.13. The Hall–Kier alpha value is -0.970. The summed E-state index contributed by atoms with van der Waals surface area (Å²) in [5, 5.41) is 1.13. The van der Waals surface area contributed by atoms with Crippen LogP contribution in [-0.4, -0.2) is 42.2 Å². The summed E-state index contributed by atoms with van der Waals surface area (Å²) in [5.74, 6) is 0.0323. The molecule has 0 aromatic heterocycles. The number of halogens is 1. The van der Waals surface area contributed by atoms with E-state index in [0.717, 1.165) is 31.0 Å². The van der Waals surface area contributed by atoms with E-state index in [0.29, 0.717) is 12.0 Å². The molecule has 21 heavy (non-hydrogen) atoms. The van der Waals surface area contributed by atoms with Crippen LogP contribution in [0.4, 0.5) is 0 Å². The Bertz CT molecular complexity index is 490. The molecule has 0 bridgehead atoms. The third-order valence-electron chi connectivity index (χ3n) is 3.39. The van der Waals surface area contributed by atoms with Gasteiger partial charge in [0.15, 0.2) is 0 Å². The van der Waals surface area contributed by atoms with Gasteiger partial charge < -0.3 is 9.64 Å². The van der Waals surface area contributed by atoms with Gasteiger partial charge in [-0.25, -0.2) is 0 Å². The Morgan fingerprint density at radius 1 is 1.48 bits per heavy atom. The van der Waals surface area contributed by atoms with E-state index in [1.165, 1.54) is 5.56 Å². The molecular weight excluding hydrogens is 306 g/mol. The van der Waals surface area contributed by atoms with Crippen molar-refractivity contribution in [2.45, 2.75) is 18.1 Å². The van der Waals surface area contributed by atoms with E-state index < -0.39 is 0 Å². The number of carbonyl (C=O) groups excluding carboxylic acids is 1. The molecule has 1 unspecified atom stereocenters. The summed E-state index contributed by atoms with van der Waals surface area (Å²) in [7, 11) is 0. The zero-order valence-corrected chi connectivity index (χ0v) is 13.7. The molecule has 0 spiro atoms.